The molecule has 0 bridgehead atoms. The highest BCUT2D eigenvalue weighted by molar-refractivity contribution is 4.81. The molecule has 174 valence electrons. The summed E-state index contributed by atoms with van der Waals surface area (Å²) < 4.78 is 0. The fraction of sp³-hybridized carbons (Fsp3) is 0.923. The molecule has 2 atom stereocenters. The normalized spacial score (nSPS) is 14.1. The van der Waals surface area contributed by atoms with E-state index in [2.05, 4.69) is 24.0 Å². The van der Waals surface area contributed by atoms with Gasteiger partial charge >= 0.3 is 0 Å². The lowest BCUT2D eigenvalue weighted by molar-refractivity contribution is 0.0654. The molecule has 0 aliphatic rings. The van der Waals surface area contributed by atoms with Crippen LogP contribution in [0.2, 0.25) is 0 Å². The second-order valence-corrected chi connectivity index (χ2v) is 8.82. The quantitative estimate of drug-likeness (QED) is 0.151. The summed E-state index contributed by atoms with van der Waals surface area (Å²) in [5, 5.41) is 19.8. The van der Waals surface area contributed by atoms with Gasteiger partial charge in [0.15, 0.2) is 0 Å². The Morgan fingerprint density at radius 1 is 0.586 bits per heavy atom. The molecular formula is C26H53NO2. The zero-order valence-electron chi connectivity index (χ0n) is 20.1. The first-order chi connectivity index (χ1) is 14.1. The van der Waals surface area contributed by atoms with E-state index in [0.29, 0.717) is 13.1 Å². The first kappa shape index (κ1) is 28.6. The zero-order chi connectivity index (χ0) is 21.6. The molecule has 0 saturated heterocycles. The molecule has 29 heavy (non-hydrogen) atoms. The van der Waals surface area contributed by atoms with Crippen LogP contribution in [0.1, 0.15) is 124 Å². The lowest BCUT2D eigenvalue weighted by Crippen LogP contribution is -2.38. The van der Waals surface area contributed by atoms with Crippen molar-refractivity contribution in [2.24, 2.45) is 0 Å². The van der Waals surface area contributed by atoms with Crippen molar-refractivity contribution in [2.45, 2.75) is 136 Å². The van der Waals surface area contributed by atoms with Gasteiger partial charge in [-0.25, -0.2) is 0 Å². The molecule has 0 aromatic rings. The van der Waals surface area contributed by atoms with Crippen LogP contribution in [0.4, 0.5) is 0 Å². The highest BCUT2D eigenvalue weighted by Crippen LogP contribution is 2.11. The maximum atomic E-state index is 9.92. The van der Waals surface area contributed by atoms with Gasteiger partial charge < -0.3 is 10.2 Å². The zero-order valence-corrected chi connectivity index (χ0v) is 20.1. The molecule has 3 heteroatoms. The molecule has 0 spiro atoms. The standard InChI is InChI=1S/C26H53NO2/c1-4-7-8-9-10-11-12-13-14-15-16-17-18-19-20-21-22-27(23-25(28)5-2)24-26(29)6-3/h13-14,25-26,28-29H,4-12,15-24H2,1-3H3/b14-13-. The van der Waals surface area contributed by atoms with Gasteiger partial charge in [0.2, 0.25) is 0 Å². The minimum absolute atomic E-state index is 0.270. The minimum atomic E-state index is -0.270. The molecule has 0 heterocycles. The monoisotopic (exact) mass is 411 g/mol. The lowest BCUT2D eigenvalue weighted by Gasteiger charge is -2.26. The number of hydrogen-bond donors (Lipinski definition) is 2. The number of nitrogens with zero attached hydrogens (tertiary/aromatic N) is 1. The third-order valence-electron chi connectivity index (χ3n) is 5.87. The smallest absolute Gasteiger partial charge is 0.0664 e. The van der Waals surface area contributed by atoms with E-state index in [1.807, 2.05) is 13.8 Å². The van der Waals surface area contributed by atoms with Gasteiger partial charge in [-0.05, 0) is 51.5 Å². The molecular weight excluding hydrogens is 358 g/mol. The third kappa shape index (κ3) is 20.7. The highest BCUT2D eigenvalue weighted by Gasteiger charge is 2.13. The maximum Gasteiger partial charge on any atom is 0.0664 e. The average molecular weight is 412 g/mol. The molecule has 0 aromatic heterocycles. The average Bonchev–Trinajstić information content (AvgIpc) is 2.72. The molecule has 0 saturated carbocycles. The predicted molar refractivity (Wildman–Crippen MR) is 128 cm³/mol. The largest absolute Gasteiger partial charge is 0.392 e. The van der Waals surface area contributed by atoms with Crippen molar-refractivity contribution in [3.05, 3.63) is 12.2 Å². The number of unbranched alkanes of at least 4 members (excludes halogenated alkanes) is 12. The maximum absolute atomic E-state index is 9.92. The van der Waals surface area contributed by atoms with E-state index >= 15 is 0 Å². The van der Waals surface area contributed by atoms with E-state index < -0.39 is 0 Å². The summed E-state index contributed by atoms with van der Waals surface area (Å²) in [5.41, 5.74) is 0. The Morgan fingerprint density at radius 3 is 1.45 bits per heavy atom. The van der Waals surface area contributed by atoms with Crippen LogP contribution in [-0.2, 0) is 0 Å². The second-order valence-electron chi connectivity index (χ2n) is 8.82. The predicted octanol–water partition coefficient (Wildman–Crippen LogP) is 6.87. The van der Waals surface area contributed by atoms with Gasteiger partial charge in [-0.1, -0.05) is 90.7 Å². The fourth-order valence-electron chi connectivity index (χ4n) is 3.69. The summed E-state index contributed by atoms with van der Waals surface area (Å²) in [6.07, 6.45) is 24.4. The third-order valence-corrected chi connectivity index (χ3v) is 5.87. The molecule has 0 fully saturated rings. The van der Waals surface area contributed by atoms with Crippen molar-refractivity contribution in [3.63, 3.8) is 0 Å². The molecule has 0 amide bonds. The Balaban J connectivity index is 3.54. The van der Waals surface area contributed by atoms with Crippen molar-refractivity contribution in [3.8, 4) is 0 Å². The van der Waals surface area contributed by atoms with Crippen LogP contribution in [0.15, 0.2) is 12.2 Å². The van der Waals surface area contributed by atoms with Crippen LogP contribution < -0.4 is 0 Å². The summed E-state index contributed by atoms with van der Waals surface area (Å²) in [5.74, 6) is 0. The van der Waals surface area contributed by atoms with E-state index in [1.54, 1.807) is 0 Å². The van der Waals surface area contributed by atoms with Crippen LogP contribution in [0.3, 0.4) is 0 Å². The summed E-state index contributed by atoms with van der Waals surface area (Å²) in [7, 11) is 0. The fourth-order valence-corrected chi connectivity index (χ4v) is 3.69. The van der Waals surface area contributed by atoms with Crippen LogP contribution >= 0.6 is 0 Å². The molecule has 0 rings (SSSR count). The van der Waals surface area contributed by atoms with Crippen molar-refractivity contribution in [1.82, 2.24) is 4.90 Å². The van der Waals surface area contributed by atoms with Gasteiger partial charge in [-0.2, -0.15) is 0 Å². The molecule has 0 aromatic carbocycles. The van der Waals surface area contributed by atoms with Crippen molar-refractivity contribution in [1.29, 1.82) is 0 Å². The van der Waals surface area contributed by atoms with Crippen LogP contribution in [0.25, 0.3) is 0 Å². The molecule has 3 nitrogen and oxygen atoms in total. The molecule has 0 aliphatic carbocycles. The Morgan fingerprint density at radius 2 is 1.00 bits per heavy atom. The summed E-state index contributed by atoms with van der Waals surface area (Å²) in [6, 6.07) is 0. The number of hydrogen-bond acceptors (Lipinski definition) is 3. The Hall–Kier alpha value is -0.380. The minimum Gasteiger partial charge on any atom is -0.392 e. The van der Waals surface area contributed by atoms with Gasteiger partial charge in [0.1, 0.15) is 0 Å². The van der Waals surface area contributed by atoms with E-state index in [9.17, 15) is 10.2 Å². The van der Waals surface area contributed by atoms with E-state index in [0.717, 1.165) is 19.4 Å². The molecule has 2 unspecified atom stereocenters. The van der Waals surface area contributed by atoms with Crippen molar-refractivity contribution >= 4 is 0 Å². The Labute approximate surface area is 183 Å². The number of rotatable bonds is 22. The Bertz CT molecular complexity index is 334. The van der Waals surface area contributed by atoms with Gasteiger partial charge in [0, 0.05) is 13.1 Å². The first-order valence-electron chi connectivity index (χ1n) is 12.9. The van der Waals surface area contributed by atoms with Crippen LogP contribution in [0.5, 0.6) is 0 Å². The molecule has 2 N–H and O–H groups in total. The highest BCUT2D eigenvalue weighted by atomic mass is 16.3. The SMILES string of the molecule is CCCCCCCC/C=C\CCCCCCCCN(CC(O)CC)CC(O)CC. The Kier molecular flexibility index (Phi) is 22.0. The lowest BCUT2D eigenvalue weighted by atomic mass is 10.1. The summed E-state index contributed by atoms with van der Waals surface area (Å²) in [4.78, 5) is 2.25. The van der Waals surface area contributed by atoms with E-state index in [-0.39, 0.29) is 12.2 Å². The van der Waals surface area contributed by atoms with Crippen molar-refractivity contribution in [2.75, 3.05) is 19.6 Å². The second kappa shape index (κ2) is 22.3. The van der Waals surface area contributed by atoms with Gasteiger partial charge in [0.05, 0.1) is 12.2 Å². The summed E-state index contributed by atoms with van der Waals surface area (Å²) in [6.45, 7) is 8.69. The van der Waals surface area contributed by atoms with E-state index in [1.165, 1.54) is 89.9 Å². The first-order valence-corrected chi connectivity index (χ1v) is 12.9. The van der Waals surface area contributed by atoms with Gasteiger partial charge in [-0.3, -0.25) is 4.90 Å². The van der Waals surface area contributed by atoms with Crippen molar-refractivity contribution < 1.29 is 10.2 Å². The van der Waals surface area contributed by atoms with E-state index in [4.69, 9.17) is 0 Å². The van der Waals surface area contributed by atoms with Crippen LogP contribution in [-0.4, -0.2) is 47.0 Å². The van der Waals surface area contributed by atoms with Gasteiger partial charge in [0.25, 0.3) is 0 Å². The number of aliphatic hydroxyl groups is 2. The molecule has 0 aliphatic heterocycles. The summed E-state index contributed by atoms with van der Waals surface area (Å²) >= 11 is 0. The molecule has 0 radical (unpaired) electrons. The van der Waals surface area contributed by atoms with Gasteiger partial charge in [-0.15, -0.1) is 0 Å². The van der Waals surface area contributed by atoms with Crippen LogP contribution in [0, 0.1) is 0 Å². The topological polar surface area (TPSA) is 43.7 Å². The number of allylic oxidation sites excluding steroid dienone is 2. The number of aliphatic hydroxyl groups excluding tert-OH is 2.